The highest BCUT2D eigenvalue weighted by Crippen LogP contribution is 2.28. The topological polar surface area (TPSA) is 82.8 Å². The van der Waals surface area contributed by atoms with Gasteiger partial charge in [0.25, 0.3) is 0 Å². The number of rotatable bonds is 6. The first-order valence-corrected chi connectivity index (χ1v) is 11.6. The van der Waals surface area contributed by atoms with Crippen molar-refractivity contribution in [1.82, 2.24) is 24.2 Å². The summed E-state index contributed by atoms with van der Waals surface area (Å²) < 4.78 is 1.90. The molecule has 176 valence electrons. The minimum absolute atomic E-state index is 0.0139. The van der Waals surface area contributed by atoms with Crippen molar-refractivity contribution in [2.45, 2.75) is 0 Å². The van der Waals surface area contributed by atoms with E-state index in [0.717, 1.165) is 22.6 Å². The predicted octanol–water partition coefficient (Wildman–Crippen LogP) is 3.19. The Hall–Kier alpha value is -4.46. The van der Waals surface area contributed by atoms with Crippen LogP contribution in [0.4, 0.5) is 5.82 Å². The number of anilines is 1. The van der Waals surface area contributed by atoms with Crippen molar-refractivity contribution in [2.24, 2.45) is 0 Å². The Kier molecular flexibility index (Phi) is 6.52. The molecular formula is C27H26N6O2. The number of amides is 2. The lowest BCUT2D eigenvalue weighted by Crippen LogP contribution is -2.51. The molecule has 2 aromatic heterocycles. The Morgan fingerprint density at radius 1 is 0.914 bits per heavy atom. The third kappa shape index (κ3) is 5.06. The molecule has 35 heavy (non-hydrogen) atoms. The summed E-state index contributed by atoms with van der Waals surface area (Å²) in [6, 6.07) is 19.6. The average molecular weight is 467 g/mol. The van der Waals surface area contributed by atoms with Crippen LogP contribution in [0.5, 0.6) is 0 Å². The Balaban J connectivity index is 1.20. The summed E-state index contributed by atoms with van der Waals surface area (Å²) >= 11 is 0. The van der Waals surface area contributed by atoms with E-state index < -0.39 is 0 Å². The highest BCUT2D eigenvalue weighted by molar-refractivity contribution is 5.92. The molecule has 0 bridgehead atoms. The number of fused-ring (bicyclic) bond motifs is 1. The molecular weight excluding hydrogens is 440 g/mol. The summed E-state index contributed by atoms with van der Waals surface area (Å²) in [6.45, 7) is 2.18. The highest BCUT2D eigenvalue weighted by Gasteiger charge is 2.23. The number of benzene rings is 2. The molecule has 0 aliphatic carbocycles. The number of carbonyl (C=O) groups excluding carboxylic acids is 2. The van der Waals surface area contributed by atoms with E-state index in [1.165, 1.54) is 0 Å². The van der Waals surface area contributed by atoms with Crippen LogP contribution in [0.3, 0.4) is 0 Å². The van der Waals surface area contributed by atoms with E-state index in [9.17, 15) is 9.59 Å². The second-order valence-electron chi connectivity index (χ2n) is 8.28. The van der Waals surface area contributed by atoms with Gasteiger partial charge in [0.15, 0.2) is 5.65 Å². The van der Waals surface area contributed by atoms with Crippen LogP contribution in [0.1, 0.15) is 5.56 Å². The lowest BCUT2D eigenvalue weighted by molar-refractivity contribution is -0.135. The van der Waals surface area contributed by atoms with Gasteiger partial charge >= 0.3 is 0 Å². The number of nitrogens with one attached hydrogen (secondary N) is 1. The molecule has 8 nitrogen and oxygen atoms in total. The Morgan fingerprint density at radius 2 is 1.60 bits per heavy atom. The van der Waals surface area contributed by atoms with Gasteiger partial charge in [0.05, 0.1) is 12.7 Å². The maximum Gasteiger partial charge on any atom is 0.246 e. The predicted molar refractivity (Wildman–Crippen MR) is 136 cm³/mol. The lowest BCUT2D eigenvalue weighted by Gasteiger charge is -2.34. The van der Waals surface area contributed by atoms with Crippen molar-refractivity contribution in [3.05, 3.63) is 90.9 Å². The molecule has 1 fully saturated rings. The van der Waals surface area contributed by atoms with Gasteiger partial charge in [-0.1, -0.05) is 60.7 Å². The van der Waals surface area contributed by atoms with Gasteiger partial charge in [0, 0.05) is 50.2 Å². The van der Waals surface area contributed by atoms with Crippen molar-refractivity contribution < 1.29 is 9.59 Å². The minimum atomic E-state index is -0.0362. The lowest BCUT2D eigenvalue weighted by atomic mass is 10.1. The van der Waals surface area contributed by atoms with Crippen LogP contribution in [0.2, 0.25) is 0 Å². The van der Waals surface area contributed by atoms with Crippen LogP contribution < -0.4 is 5.32 Å². The van der Waals surface area contributed by atoms with Crippen molar-refractivity contribution in [3.63, 3.8) is 0 Å². The van der Waals surface area contributed by atoms with Crippen molar-refractivity contribution >= 4 is 29.4 Å². The smallest absolute Gasteiger partial charge is 0.246 e. The number of aromatic nitrogens is 3. The number of piperazine rings is 1. The number of hydrogen-bond donors (Lipinski definition) is 1. The second kappa shape index (κ2) is 10.2. The normalized spacial score (nSPS) is 13.9. The van der Waals surface area contributed by atoms with E-state index in [4.69, 9.17) is 4.98 Å². The average Bonchev–Trinajstić information content (AvgIpc) is 3.30. The van der Waals surface area contributed by atoms with Gasteiger partial charge in [0.1, 0.15) is 11.5 Å². The summed E-state index contributed by atoms with van der Waals surface area (Å²) in [5, 5.41) is 3.29. The first kappa shape index (κ1) is 22.3. The highest BCUT2D eigenvalue weighted by atomic mass is 16.2. The third-order valence-corrected chi connectivity index (χ3v) is 6.05. The van der Waals surface area contributed by atoms with Crippen molar-refractivity contribution in [1.29, 1.82) is 0 Å². The van der Waals surface area contributed by atoms with E-state index in [1.54, 1.807) is 28.3 Å². The monoisotopic (exact) mass is 466 g/mol. The molecule has 0 saturated carbocycles. The van der Waals surface area contributed by atoms with Gasteiger partial charge < -0.3 is 15.1 Å². The first-order chi connectivity index (χ1) is 17.2. The van der Waals surface area contributed by atoms with E-state index in [2.05, 4.69) is 10.3 Å². The van der Waals surface area contributed by atoms with Crippen LogP contribution in [-0.4, -0.2) is 68.7 Å². The number of carbonyl (C=O) groups is 2. The minimum Gasteiger partial charge on any atom is -0.360 e. The van der Waals surface area contributed by atoms with Gasteiger partial charge in [-0.2, -0.15) is 0 Å². The largest absolute Gasteiger partial charge is 0.360 e. The molecule has 0 spiro atoms. The van der Waals surface area contributed by atoms with Gasteiger partial charge in [-0.3, -0.25) is 19.0 Å². The maximum atomic E-state index is 13.0. The molecule has 1 saturated heterocycles. The molecule has 1 aliphatic rings. The van der Waals surface area contributed by atoms with Gasteiger partial charge in [-0.15, -0.1) is 0 Å². The zero-order chi connectivity index (χ0) is 24.0. The Morgan fingerprint density at radius 3 is 2.34 bits per heavy atom. The zero-order valence-corrected chi connectivity index (χ0v) is 19.2. The molecule has 2 amide bonds. The number of imidazole rings is 1. The molecule has 0 atom stereocenters. The third-order valence-electron chi connectivity index (χ3n) is 6.05. The van der Waals surface area contributed by atoms with Crippen molar-refractivity contribution in [3.8, 4) is 11.3 Å². The standard InChI is InChI=1S/C27H26N6O2/c34-24(12-11-21-7-3-1-4-8-21)31-15-17-32(18-16-31)25(35)20-29-27-26(22-9-5-2-6-10-22)30-23-19-28-13-14-33(23)27/h1-14,19,29H,15-18,20H2. The fraction of sp³-hybridized carbons (Fsp3) is 0.185. The van der Waals surface area contributed by atoms with Crippen LogP contribution in [0.15, 0.2) is 85.3 Å². The molecule has 1 N–H and O–H groups in total. The molecule has 4 aromatic rings. The second-order valence-corrected chi connectivity index (χ2v) is 8.28. The number of nitrogens with zero attached hydrogens (tertiary/aromatic N) is 5. The fourth-order valence-electron chi connectivity index (χ4n) is 4.16. The summed E-state index contributed by atoms with van der Waals surface area (Å²) in [5.41, 5.74) is 3.42. The zero-order valence-electron chi connectivity index (χ0n) is 19.2. The van der Waals surface area contributed by atoms with Crippen LogP contribution in [-0.2, 0) is 9.59 Å². The molecule has 5 rings (SSSR count). The summed E-state index contributed by atoms with van der Waals surface area (Å²) in [5.74, 6) is 0.702. The summed E-state index contributed by atoms with van der Waals surface area (Å²) in [4.78, 5) is 37.9. The molecule has 0 unspecified atom stereocenters. The maximum absolute atomic E-state index is 13.0. The van der Waals surface area contributed by atoms with Crippen LogP contribution in [0, 0.1) is 0 Å². The van der Waals surface area contributed by atoms with E-state index in [-0.39, 0.29) is 18.4 Å². The molecule has 2 aromatic carbocycles. The Labute approximate surface area is 203 Å². The first-order valence-electron chi connectivity index (χ1n) is 11.6. The molecule has 8 heteroatoms. The van der Waals surface area contributed by atoms with Crippen molar-refractivity contribution in [2.75, 3.05) is 38.0 Å². The fourth-order valence-corrected chi connectivity index (χ4v) is 4.16. The van der Waals surface area contributed by atoms with Crippen LogP contribution in [0.25, 0.3) is 23.0 Å². The van der Waals surface area contributed by atoms with E-state index in [0.29, 0.717) is 31.8 Å². The van der Waals surface area contributed by atoms with Gasteiger partial charge in [-0.25, -0.2) is 4.98 Å². The van der Waals surface area contributed by atoms with Gasteiger partial charge in [0.2, 0.25) is 11.8 Å². The number of hydrogen-bond acceptors (Lipinski definition) is 5. The summed E-state index contributed by atoms with van der Waals surface area (Å²) in [6.07, 6.45) is 8.63. The molecule has 0 radical (unpaired) electrons. The quantitative estimate of drug-likeness (QED) is 0.442. The summed E-state index contributed by atoms with van der Waals surface area (Å²) in [7, 11) is 0. The van der Waals surface area contributed by atoms with E-state index in [1.807, 2.05) is 77.3 Å². The molecule has 1 aliphatic heterocycles. The van der Waals surface area contributed by atoms with Crippen LogP contribution >= 0.6 is 0 Å². The van der Waals surface area contributed by atoms with E-state index >= 15 is 0 Å². The molecule has 3 heterocycles. The Bertz CT molecular complexity index is 1340. The van der Waals surface area contributed by atoms with Gasteiger partial charge in [-0.05, 0) is 11.6 Å². The SMILES string of the molecule is O=C(C=Cc1ccccc1)N1CCN(C(=O)CNc2c(-c3ccccc3)nc3cnccn23)CC1.